The number of ketones is 1. The second-order valence-corrected chi connectivity index (χ2v) is 7.48. The van der Waals surface area contributed by atoms with E-state index in [1.54, 1.807) is 29.5 Å². The van der Waals surface area contributed by atoms with Crippen LogP contribution < -0.4 is 14.9 Å². The van der Waals surface area contributed by atoms with Crippen LogP contribution in [0.1, 0.15) is 35.2 Å². The number of hydrogen-bond donors (Lipinski definition) is 1. The smallest absolute Gasteiger partial charge is 0.240 e. The molecule has 1 amide bonds. The molecule has 0 radical (unpaired) electrons. The number of Topliss-reactive ketones (excluding diaryl/α,β-unsaturated/α-hetero) is 1. The van der Waals surface area contributed by atoms with Gasteiger partial charge in [0, 0.05) is 39.4 Å². The average molecular weight is 436 g/mol. The Morgan fingerprint density at radius 1 is 1.10 bits per heavy atom. The van der Waals surface area contributed by atoms with E-state index in [0.29, 0.717) is 22.8 Å². The van der Waals surface area contributed by atoms with Crippen molar-refractivity contribution >= 4 is 38.8 Å². The Kier molecular flexibility index (Phi) is 7.35. The molecule has 1 aromatic heterocycles. The monoisotopic (exact) mass is 435 g/mol. The first-order chi connectivity index (χ1) is 15.1. The highest BCUT2D eigenvalue weighted by atomic mass is 32.1. The van der Waals surface area contributed by atoms with E-state index in [0.717, 1.165) is 15.6 Å². The van der Waals surface area contributed by atoms with Gasteiger partial charge in [-0.05, 0) is 24.3 Å². The molecule has 2 aromatic carbocycles. The Hall–Kier alpha value is -3.70. The maximum atomic E-state index is 12.4. The molecule has 1 heterocycles. The van der Waals surface area contributed by atoms with Crippen LogP contribution in [-0.2, 0) is 4.79 Å². The number of hydrogen-bond acceptors (Lipinski definition) is 7. The molecule has 7 nitrogen and oxygen atoms in total. The molecule has 8 heteroatoms. The summed E-state index contributed by atoms with van der Waals surface area (Å²) in [7, 11) is 3.01. The minimum Gasteiger partial charge on any atom is -0.493 e. The maximum absolute atomic E-state index is 12.4. The third-order valence-electron chi connectivity index (χ3n) is 4.64. The van der Waals surface area contributed by atoms with Crippen LogP contribution in [0.25, 0.3) is 10.1 Å². The number of fused-ring (bicyclic) bond motifs is 1. The largest absolute Gasteiger partial charge is 0.493 e. The van der Waals surface area contributed by atoms with Crippen molar-refractivity contribution in [2.45, 2.75) is 19.3 Å². The van der Waals surface area contributed by atoms with E-state index in [1.165, 1.54) is 14.2 Å². The van der Waals surface area contributed by atoms with Gasteiger partial charge in [0.15, 0.2) is 17.3 Å². The zero-order chi connectivity index (χ0) is 22.2. The first kappa shape index (κ1) is 22.0. The number of thiophene rings is 1. The fraction of sp³-hybridized carbons (Fsp3) is 0.217. The number of carbonyl (C=O) groups excluding carboxylic acids is 2. The van der Waals surface area contributed by atoms with Crippen molar-refractivity contribution in [3.63, 3.8) is 0 Å². The Morgan fingerprint density at radius 3 is 2.61 bits per heavy atom. The van der Waals surface area contributed by atoms with E-state index in [-0.39, 0.29) is 25.0 Å². The molecule has 0 aliphatic rings. The molecule has 0 aliphatic carbocycles. The molecule has 0 saturated heterocycles. The predicted molar refractivity (Wildman–Crippen MR) is 120 cm³/mol. The van der Waals surface area contributed by atoms with Gasteiger partial charge in [-0.3, -0.25) is 9.59 Å². The fourth-order valence-electron chi connectivity index (χ4n) is 3.04. The summed E-state index contributed by atoms with van der Waals surface area (Å²) in [6.07, 6.45) is 0.0538. The zero-order valence-corrected chi connectivity index (χ0v) is 18.0. The van der Waals surface area contributed by atoms with Gasteiger partial charge in [-0.1, -0.05) is 18.2 Å². The maximum Gasteiger partial charge on any atom is 0.240 e. The Morgan fingerprint density at radius 2 is 1.87 bits per heavy atom. The standard InChI is InChI=1S/C23H21N3O4S/c1-29-20-9-7-15(13-21(20)30-2)19(27)8-10-23(28)26-25-18(11-12-24)17-14-31-22-6-4-3-5-16(17)22/h3-7,9,13-14H,8,10-11H2,1-2H3,(H,26,28)/b25-18+. The molecule has 1 N–H and O–H groups in total. The number of nitrogens with zero attached hydrogens (tertiary/aromatic N) is 2. The van der Waals surface area contributed by atoms with E-state index >= 15 is 0 Å². The minimum absolute atomic E-state index is 0.0196. The van der Waals surface area contributed by atoms with Gasteiger partial charge in [0.1, 0.15) is 0 Å². The van der Waals surface area contributed by atoms with Crippen molar-refractivity contribution in [1.29, 1.82) is 5.26 Å². The summed E-state index contributed by atoms with van der Waals surface area (Å²) in [5.41, 5.74) is 4.22. The summed E-state index contributed by atoms with van der Waals surface area (Å²) < 4.78 is 11.4. The molecular weight excluding hydrogens is 414 g/mol. The summed E-state index contributed by atoms with van der Waals surface area (Å²) in [5, 5.41) is 16.2. The van der Waals surface area contributed by atoms with Crippen molar-refractivity contribution in [2.24, 2.45) is 5.10 Å². The third kappa shape index (κ3) is 5.27. The van der Waals surface area contributed by atoms with Gasteiger partial charge in [0.05, 0.1) is 32.4 Å². The van der Waals surface area contributed by atoms with Gasteiger partial charge in [0.25, 0.3) is 0 Å². The first-order valence-electron chi connectivity index (χ1n) is 9.51. The third-order valence-corrected chi connectivity index (χ3v) is 5.60. The normalized spacial score (nSPS) is 11.1. The van der Waals surface area contributed by atoms with Crippen molar-refractivity contribution in [3.8, 4) is 17.6 Å². The second-order valence-electron chi connectivity index (χ2n) is 6.57. The van der Waals surface area contributed by atoms with E-state index in [1.807, 2.05) is 29.6 Å². The lowest BCUT2D eigenvalue weighted by atomic mass is 10.1. The number of methoxy groups -OCH3 is 2. The van der Waals surface area contributed by atoms with Crippen LogP contribution in [-0.4, -0.2) is 31.6 Å². The molecular formula is C23H21N3O4S. The van der Waals surface area contributed by atoms with Gasteiger partial charge in [-0.2, -0.15) is 10.4 Å². The summed E-state index contributed by atoms with van der Waals surface area (Å²) in [4.78, 5) is 24.7. The molecule has 158 valence electrons. The molecule has 0 saturated carbocycles. The van der Waals surface area contributed by atoms with Gasteiger partial charge >= 0.3 is 0 Å². The van der Waals surface area contributed by atoms with Crippen molar-refractivity contribution < 1.29 is 19.1 Å². The highest BCUT2D eigenvalue weighted by molar-refractivity contribution is 7.17. The summed E-state index contributed by atoms with van der Waals surface area (Å²) in [6.45, 7) is 0. The van der Waals surface area contributed by atoms with Crippen LogP contribution >= 0.6 is 11.3 Å². The predicted octanol–water partition coefficient (Wildman–Crippen LogP) is 4.32. The zero-order valence-electron chi connectivity index (χ0n) is 17.2. The molecule has 0 spiro atoms. The number of rotatable bonds is 9. The number of hydrazone groups is 1. The molecule has 3 rings (SSSR count). The molecule has 0 atom stereocenters. The van der Waals surface area contributed by atoms with Crippen LogP contribution in [0.3, 0.4) is 0 Å². The number of amides is 1. The van der Waals surface area contributed by atoms with E-state index in [4.69, 9.17) is 14.7 Å². The highest BCUT2D eigenvalue weighted by Gasteiger charge is 2.14. The minimum atomic E-state index is -0.399. The average Bonchev–Trinajstić information content (AvgIpc) is 3.23. The first-order valence-corrected chi connectivity index (χ1v) is 10.4. The molecule has 0 fully saturated rings. The number of ether oxygens (including phenoxy) is 2. The molecule has 0 aliphatic heterocycles. The summed E-state index contributed by atoms with van der Waals surface area (Å²) >= 11 is 1.55. The summed E-state index contributed by atoms with van der Waals surface area (Å²) in [6, 6.07) is 14.8. The lowest BCUT2D eigenvalue weighted by molar-refractivity contribution is -0.121. The van der Waals surface area contributed by atoms with E-state index < -0.39 is 5.91 Å². The quantitative estimate of drug-likeness (QED) is 0.307. The van der Waals surface area contributed by atoms with Gasteiger partial charge in [-0.15, -0.1) is 11.3 Å². The molecule has 31 heavy (non-hydrogen) atoms. The Balaban J connectivity index is 1.65. The Bertz CT molecular complexity index is 1180. The van der Waals surface area contributed by atoms with Crippen molar-refractivity contribution in [3.05, 3.63) is 59.0 Å². The highest BCUT2D eigenvalue weighted by Crippen LogP contribution is 2.28. The van der Waals surface area contributed by atoms with Crippen molar-refractivity contribution in [2.75, 3.05) is 14.2 Å². The lowest BCUT2D eigenvalue weighted by Gasteiger charge is -2.09. The number of nitrogens with one attached hydrogen (secondary N) is 1. The van der Waals surface area contributed by atoms with E-state index in [2.05, 4.69) is 16.6 Å². The Labute approximate surface area is 183 Å². The molecule has 0 unspecified atom stereocenters. The van der Waals surface area contributed by atoms with E-state index in [9.17, 15) is 9.59 Å². The van der Waals surface area contributed by atoms with Gasteiger partial charge in [-0.25, -0.2) is 5.43 Å². The second kappa shape index (κ2) is 10.4. The van der Waals surface area contributed by atoms with Gasteiger partial charge < -0.3 is 9.47 Å². The summed E-state index contributed by atoms with van der Waals surface area (Å²) in [5.74, 6) is 0.383. The molecule has 0 bridgehead atoms. The lowest BCUT2D eigenvalue weighted by Crippen LogP contribution is -2.20. The van der Waals surface area contributed by atoms with Gasteiger partial charge in [0.2, 0.25) is 5.91 Å². The number of benzene rings is 2. The van der Waals surface area contributed by atoms with Crippen LogP contribution in [0.5, 0.6) is 11.5 Å². The van der Waals surface area contributed by atoms with Crippen LogP contribution in [0.4, 0.5) is 0 Å². The number of carbonyl (C=O) groups is 2. The van der Waals surface area contributed by atoms with Crippen LogP contribution in [0.15, 0.2) is 52.9 Å². The van der Waals surface area contributed by atoms with Crippen LogP contribution in [0.2, 0.25) is 0 Å². The van der Waals surface area contributed by atoms with Crippen molar-refractivity contribution in [1.82, 2.24) is 5.43 Å². The number of nitriles is 1. The molecule has 3 aromatic rings. The van der Waals surface area contributed by atoms with Crippen LogP contribution in [0, 0.1) is 11.3 Å². The SMILES string of the molecule is COc1ccc(C(=O)CCC(=O)N/N=C(\CC#N)c2csc3ccccc23)cc1OC. The fourth-order valence-corrected chi connectivity index (χ4v) is 4.01. The topological polar surface area (TPSA) is 101 Å².